The minimum Gasteiger partial charge on any atom is -0.480 e. The molecule has 1 amide bonds. The molecule has 13 heteroatoms. The van der Waals surface area contributed by atoms with Gasteiger partial charge in [0.15, 0.2) is 0 Å². The number of hydrogen-bond acceptors (Lipinski definition) is 8. The molecule has 174 valence electrons. The van der Waals surface area contributed by atoms with E-state index in [1.54, 1.807) is 12.3 Å². The second kappa shape index (κ2) is 10.1. The summed E-state index contributed by atoms with van der Waals surface area (Å²) in [7, 11) is -0.205. The van der Waals surface area contributed by atoms with Crippen molar-refractivity contribution in [1.82, 2.24) is 19.9 Å². The van der Waals surface area contributed by atoms with Crippen molar-refractivity contribution in [3.05, 3.63) is 39.8 Å². The first-order valence-electron chi connectivity index (χ1n) is 9.72. The van der Waals surface area contributed by atoms with Crippen LogP contribution in [0.3, 0.4) is 0 Å². The lowest BCUT2D eigenvalue weighted by atomic mass is 10.2. The van der Waals surface area contributed by atoms with Crippen LogP contribution in [0.4, 0.5) is 5.69 Å². The Morgan fingerprint density at radius 1 is 1.38 bits per heavy atom. The number of carbonyl (C=O) groups is 2. The number of carboxylic acids is 1. The number of rotatable bonds is 9. The molecule has 2 aromatic heterocycles. The van der Waals surface area contributed by atoms with Gasteiger partial charge in [-0.2, -0.15) is 4.72 Å². The van der Waals surface area contributed by atoms with Gasteiger partial charge in [0.25, 0.3) is 5.91 Å². The average Bonchev–Trinajstić information content (AvgIpc) is 3.40. The average molecular weight is 502 g/mol. The molecule has 0 bridgehead atoms. The molecule has 0 unspecified atom stereocenters. The first-order valence-corrected chi connectivity index (χ1v) is 12.4. The van der Waals surface area contributed by atoms with Gasteiger partial charge < -0.3 is 20.2 Å². The fraction of sp³-hybridized carbons (Fsp3) is 0.421. The van der Waals surface area contributed by atoms with Crippen LogP contribution in [0.2, 0.25) is 4.34 Å². The molecule has 10 nitrogen and oxygen atoms in total. The summed E-state index contributed by atoms with van der Waals surface area (Å²) in [6.07, 6.45) is 3.69. The van der Waals surface area contributed by atoms with Gasteiger partial charge >= 0.3 is 5.97 Å². The lowest BCUT2D eigenvalue weighted by Crippen LogP contribution is -2.48. The van der Waals surface area contributed by atoms with E-state index >= 15 is 0 Å². The Balaban J connectivity index is 1.69. The van der Waals surface area contributed by atoms with Crippen LogP contribution in [-0.4, -0.2) is 81.1 Å². The highest BCUT2D eigenvalue weighted by molar-refractivity contribution is 7.89. The number of hydrogen-bond donors (Lipinski definition) is 3. The predicted molar refractivity (Wildman–Crippen MR) is 122 cm³/mol. The molecule has 3 heterocycles. The highest BCUT2D eigenvalue weighted by Crippen LogP contribution is 2.24. The van der Waals surface area contributed by atoms with Crippen LogP contribution in [0.5, 0.6) is 0 Å². The first kappa shape index (κ1) is 24.4. The van der Waals surface area contributed by atoms with E-state index < -0.39 is 34.5 Å². The summed E-state index contributed by atoms with van der Waals surface area (Å²) in [6.45, 7) is 1.06. The number of nitrogens with zero attached hydrogens (tertiary/aromatic N) is 3. The summed E-state index contributed by atoms with van der Waals surface area (Å²) >= 11 is 6.83. The van der Waals surface area contributed by atoms with Gasteiger partial charge in [-0.3, -0.25) is 14.6 Å². The van der Waals surface area contributed by atoms with Crippen molar-refractivity contribution in [2.75, 3.05) is 38.6 Å². The fourth-order valence-corrected chi connectivity index (χ4v) is 5.41. The molecule has 0 radical (unpaired) electrons. The molecule has 32 heavy (non-hydrogen) atoms. The molecule has 1 saturated heterocycles. The maximum absolute atomic E-state index is 12.8. The van der Waals surface area contributed by atoms with Crippen LogP contribution in [0.1, 0.15) is 16.1 Å². The SMILES string of the molecule is CN(C)[C@@H]1CCN(c2cncc(S(=O)(=O)N[C@@H](CNC(=O)c3ccc(Cl)s3)C(=O)O)c2)C1. The van der Waals surface area contributed by atoms with Gasteiger partial charge in [-0.05, 0) is 38.7 Å². The molecule has 2 atom stereocenters. The quantitative estimate of drug-likeness (QED) is 0.465. The smallest absolute Gasteiger partial charge is 0.323 e. The van der Waals surface area contributed by atoms with E-state index in [-0.39, 0.29) is 4.90 Å². The van der Waals surface area contributed by atoms with Crippen molar-refractivity contribution in [2.24, 2.45) is 0 Å². The van der Waals surface area contributed by atoms with Gasteiger partial charge in [0.05, 0.1) is 21.1 Å². The van der Waals surface area contributed by atoms with Gasteiger partial charge in [0.1, 0.15) is 10.9 Å². The van der Waals surface area contributed by atoms with Gasteiger partial charge in [-0.15, -0.1) is 11.3 Å². The Morgan fingerprint density at radius 3 is 2.72 bits per heavy atom. The van der Waals surface area contributed by atoms with Gasteiger partial charge in [0, 0.05) is 31.9 Å². The van der Waals surface area contributed by atoms with Gasteiger partial charge in [0.2, 0.25) is 10.0 Å². The molecular weight excluding hydrogens is 478 g/mol. The minimum absolute atomic E-state index is 0.147. The molecule has 1 fully saturated rings. The summed E-state index contributed by atoms with van der Waals surface area (Å²) in [5, 5.41) is 11.9. The minimum atomic E-state index is -4.20. The number of sulfonamides is 1. The zero-order valence-electron chi connectivity index (χ0n) is 17.5. The number of thiophene rings is 1. The van der Waals surface area contributed by atoms with Crippen molar-refractivity contribution in [3.8, 4) is 0 Å². The van der Waals surface area contributed by atoms with E-state index in [9.17, 15) is 23.1 Å². The highest BCUT2D eigenvalue weighted by Gasteiger charge is 2.28. The van der Waals surface area contributed by atoms with Crippen LogP contribution in [0, 0.1) is 0 Å². The van der Waals surface area contributed by atoms with Gasteiger partial charge in [-0.1, -0.05) is 11.6 Å². The van der Waals surface area contributed by atoms with E-state index in [4.69, 9.17) is 11.6 Å². The monoisotopic (exact) mass is 501 g/mol. The molecule has 1 aliphatic heterocycles. The normalized spacial score (nSPS) is 17.5. The molecule has 0 aromatic carbocycles. The fourth-order valence-electron chi connectivity index (χ4n) is 3.28. The molecule has 3 rings (SSSR count). The maximum Gasteiger partial charge on any atom is 0.323 e. The summed E-state index contributed by atoms with van der Waals surface area (Å²) in [5.74, 6) is -1.96. The Morgan fingerprint density at radius 2 is 2.12 bits per heavy atom. The van der Waals surface area contributed by atoms with Crippen LogP contribution in [0.15, 0.2) is 35.5 Å². The number of carboxylic acid groups (broad SMARTS) is 1. The summed E-state index contributed by atoms with van der Waals surface area (Å²) in [6, 6.07) is 3.30. The van der Waals surface area contributed by atoms with E-state index in [2.05, 4.69) is 19.9 Å². The zero-order valence-corrected chi connectivity index (χ0v) is 19.9. The largest absolute Gasteiger partial charge is 0.480 e. The second-order valence-electron chi connectivity index (χ2n) is 7.56. The number of carbonyl (C=O) groups excluding carboxylic acids is 1. The van der Waals surface area contributed by atoms with Crippen LogP contribution < -0.4 is 14.9 Å². The number of pyridine rings is 1. The van der Waals surface area contributed by atoms with Gasteiger partial charge in [-0.25, -0.2) is 8.42 Å². The highest BCUT2D eigenvalue weighted by atomic mass is 35.5. The molecule has 3 N–H and O–H groups in total. The molecule has 0 aliphatic carbocycles. The number of aliphatic carboxylic acids is 1. The topological polar surface area (TPSA) is 132 Å². The summed E-state index contributed by atoms with van der Waals surface area (Å²) in [4.78, 5) is 32.1. The van der Waals surface area contributed by atoms with Crippen molar-refractivity contribution >= 4 is 50.5 Å². The number of anilines is 1. The van der Waals surface area contributed by atoms with E-state index in [1.165, 1.54) is 12.1 Å². The van der Waals surface area contributed by atoms with E-state index in [0.717, 1.165) is 37.0 Å². The molecule has 0 saturated carbocycles. The Kier molecular flexibility index (Phi) is 7.72. The van der Waals surface area contributed by atoms with Crippen molar-refractivity contribution in [2.45, 2.75) is 23.4 Å². The van der Waals surface area contributed by atoms with Crippen LogP contribution in [0.25, 0.3) is 0 Å². The summed E-state index contributed by atoms with van der Waals surface area (Å²) < 4.78 is 28.2. The lowest BCUT2D eigenvalue weighted by molar-refractivity contribution is -0.138. The van der Waals surface area contributed by atoms with Crippen molar-refractivity contribution in [3.63, 3.8) is 0 Å². The maximum atomic E-state index is 12.8. The number of amides is 1. The third-order valence-corrected chi connectivity index (χ3v) is 7.80. The summed E-state index contributed by atoms with van der Waals surface area (Å²) in [5.41, 5.74) is 0.645. The molecular formula is C19H24ClN5O5S2. The molecule has 1 aliphatic rings. The third kappa shape index (κ3) is 5.95. The lowest BCUT2D eigenvalue weighted by Gasteiger charge is -2.22. The zero-order chi connectivity index (χ0) is 23.5. The molecule has 0 spiro atoms. The predicted octanol–water partition coefficient (Wildman–Crippen LogP) is 1.10. The number of likely N-dealkylation sites (N-methyl/N-ethyl adjacent to an activating group) is 1. The van der Waals surface area contributed by atoms with Crippen LogP contribution >= 0.6 is 22.9 Å². The van der Waals surface area contributed by atoms with E-state index in [0.29, 0.717) is 20.9 Å². The first-order chi connectivity index (χ1) is 15.1. The van der Waals surface area contributed by atoms with Crippen LogP contribution in [-0.2, 0) is 14.8 Å². The molecule has 2 aromatic rings. The Labute approximate surface area is 195 Å². The second-order valence-corrected chi connectivity index (χ2v) is 11.0. The number of aromatic nitrogens is 1. The van der Waals surface area contributed by atoms with Crippen molar-refractivity contribution < 1.29 is 23.1 Å². The van der Waals surface area contributed by atoms with E-state index in [1.807, 2.05) is 19.0 Å². The standard InChI is InChI=1S/C19H24ClN5O5S2/c1-24(2)12-5-6-25(11-12)13-7-14(9-21-8-13)32(29,30)23-15(19(27)28)10-22-18(26)16-3-4-17(20)31-16/h3-4,7-9,12,15,23H,5-6,10-11H2,1-2H3,(H,22,26)(H,27,28)/t12-,15+/m1/s1. The third-order valence-electron chi connectivity index (χ3n) is 5.13. The number of halogens is 1. The van der Waals surface area contributed by atoms with Crippen molar-refractivity contribution in [1.29, 1.82) is 0 Å². The number of nitrogens with one attached hydrogen (secondary N) is 2. The Hall–Kier alpha value is -2.25. The Bertz CT molecular complexity index is 1090.